The standard InChI is InChI=1S/C13H24O3.C11H21NO2/c1-8(2)11-6-5-9(3)7-12(11)16-13(15)10(4)14;1-7(2)9-5-4-8(3)6-11(9,14)10(12)13/h8-12,14H,5-7H2,1-4H3;7-9,14H,4-6H2,1-3H3,(H2,12,13). The lowest BCUT2D eigenvalue weighted by Crippen LogP contribution is -2.54. The third-order valence-corrected chi connectivity index (χ3v) is 7.04. The van der Waals surface area contributed by atoms with Gasteiger partial charge in [-0.2, -0.15) is 0 Å². The minimum atomic E-state index is -1.27. The Morgan fingerprint density at radius 2 is 1.53 bits per heavy atom. The van der Waals surface area contributed by atoms with Crippen LogP contribution in [0.1, 0.15) is 87.0 Å². The molecule has 0 aromatic carbocycles. The quantitative estimate of drug-likeness (QED) is 0.580. The van der Waals surface area contributed by atoms with Crippen molar-refractivity contribution in [3.05, 3.63) is 0 Å². The van der Waals surface area contributed by atoms with E-state index in [2.05, 4.69) is 27.7 Å². The van der Waals surface area contributed by atoms with E-state index in [1.807, 2.05) is 13.8 Å². The van der Waals surface area contributed by atoms with Crippen molar-refractivity contribution in [2.24, 2.45) is 41.2 Å². The molecule has 176 valence electrons. The number of carbonyl (C=O) groups is 2. The molecular weight excluding hydrogens is 382 g/mol. The van der Waals surface area contributed by atoms with E-state index in [1.54, 1.807) is 0 Å². The number of rotatable bonds is 5. The van der Waals surface area contributed by atoms with Gasteiger partial charge in [-0.1, -0.05) is 54.4 Å². The van der Waals surface area contributed by atoms with E-state index in [9.17, 15) is 14.7 Å². The Balaban J connectivity index is 0.000000303. The number of hydrogen-bond acceptors (Lipinski definition) is 5. The lowest BCUT2D eigenvalue weighted by Gasteiger charge is -2.42. The number of aliphatic hydroxyl groups excluding tert-OH is 1. The highest BCUT2D eigenvalue weighted by molar-refractivity contribution is 5.83. The van der Waals surface area contributed by atoms with Crippen LogP contribution < -0.4 is 5.73 Å². The molecule has 4 N–H and O–H groups in total. The zero-order chi connectivity index (χ0) is 23.2. The topological polar surface area (TPSA) is 110 Å². The van der Waals surface area contributed by atoms with Gasteiger partial charge in [0.1, 0.15) is 17.8 Å². The summed E-state index contributed by atoms with van der Waals surface area (Å²) < 4.78 is 5.41. The second-order valence-electron chi connectivity index (χ2n) is 10.5. The highest BCUT2D eigenvalue weighted by Crippen LogP contribution is 2.40. The number of nitrogens with two attached hydrogens (primary N) is 1. The smallest absolute Gasteiger partial charge is 0.334 e. The molecule has 0 heterocycles. The summed E-state index contributed by atoms with van der Waals surface area (Å²) in [6.45, 7) is 14.1. The van der Waals surface area contributed by atoms with E-state index in [0.29, 0.717) is 36.0 Å². The molecule has 30 heavy (non-hydrogen) atoms. The number of esters is 1. The van der Waals surface area contributed by atoms with Gasteiger partial charge < -0.3 is 20.7 Å². The molecule has 1 amide bonds. The van der Waals surface area contributed by atoms with Gasteiger partial charge in [-0.3, -0.25) is 4.79 Å². The van der Waals surface area contributed by atoms with Crippen molar-refractivity contribution in [2.45, 2.75) is 105 Å². The maximum Gasteiger partial charge on any atom is 0.334 e. The average molecular weight is 428 g/mol. The number of primary amides is 1. The first-order valence-corrected chi connectivity index (χ1v) is 11.7. The molecule has 0 spiro atoms. The van der Waals surface area contributed by atoms with E-state index in [-0.39, 0.29) is 12.0 Å². The fourth-order valence-electron chi connectivity index (χ4n) is 5.15. The second-order valence-corrected chi connectivity index (χ2v) is 10.5. The van der Waals surface area contributed by atoms with Crippen LogP contribution >= 0.6 is 0 Å². The summed E-state index contributed by atoms with van der Waals surface area (Å²) in [4.78, 5) is 22.7. The highest BCUT2D eigenvalue weighted by atomic mass is 16.6. The summed E-state index contributed by atoms with van der Waals surface area (Å²) >= 11 is 0. The number of ether oxygens (including phenoxy) is 1. The number of amides is 1. The molecule has 2 fully saturated rings. The van der Waals surface area contributed by atoms with Crippen LogP contribution in [0.15, 0.2) is 0 Å². The number of aliphatic hydroxyl groups is 2. The SMILES string of the molecule is CC1CCC(C(C)C)C(O)(C(N)=O)C1.CC1CCC(C(C)C)C(OC(=O)C(C)O)C1. The van der Waals surface area contributed by atoms with Crippen molar-refractivity contribution in [3.63, 3.8) is 0 Å². The molecule has 0 radical (unpaired) electrons. The molecule has 2 saturated carbocycles. The monoisotopic (exact) mass is 427 g/mol. The van der Waals surface area contributed by atoms with Crippen molar-refractivity contribution < 1.29 is 24.5 Å². The Hall–Kier alpha value is -1.14. The molecule has 0 aromatic rings. The summed E-state index contributed by atoms with van der Waals surface area (Å²) in [5.41, 5.74) is 4.03. The minimum absolute atomic E-state index is 0.00847. The van der Waals surface area contributed by atoms with Crippen molar-refractivity contribution in [1.29, 1.82) is 0 Å². The van der Waals surface area contributed by atoms with Crippen LogP contribution in [0.5, 0.6) is 0 Å². The highest BCUT2D eigenvalue weighted by Gasteiger charge is 2.47. The van der Waals surface area contributed by atoms with Crippen LogP contribution in [0.4, 0.5) is 0 Å². The first kappa shape index (κ1) is 26.9. The molecular formula is C24H45NO5. The van der Waals surface area contributed by atoms with Crippen LogP contribution in [-0.4, -0.2) is 39.9 Å². The van der Waals surface area contributed by atoms with Gasteiger partial charge >= 0.3 is 5.97 Å². The average Bonchev–Trinajstić information content (AvgIpc) is 2.61. The number of hydrogen-bond donors (Lipinski definition) is 3. The second kappa shape index (κ2) is 11.5. The molecule has 0 aliphatic heterocycles. The van der Waals surface area contributed by atoms with Crippen molar-refractivity contribution in [1.82, 2.24) is 0 Å². The normalized spacial score (nSPS) is 35.4. The summed E-state index contributed by atoms with van der Waals surface area (Å²) in [5, 5.41) is 19.4. The summed E-state index contributed by atoms with van der Waals surface area (Å²) in [6, 6.07) is 0. The Bertz CT molecular complexity index is 562. The molecule has 6 nitrogen and oxygen atoms in total. The zero-order valence-corrected chi connectivity index (χ0v) is 20.1. The molecule has 7 atom stereocenters. The summed E-state index contributed by atoms with van der Waals surface area (Å²) in [6.07, 6.45) is 4.75. The molecule has 2 aliphatic rings. The van der Waals surface area contributed by atoms with Gasteiger partial charge in [-0.25, -0.2) is 4.79 Å². The third-order valence-electron chi connectivity index (χ3n) is 7.04. The van der Waals surface area contributed by atoms with Crippen LogP contribution in [-0.2, 0) is 14.3 Å². The van der Waals surface area contributed by atoms with Gasteiger partial charge in [-0.05, 0) is 68.1 Å². The van der Waals surface area contributed by atoms with Crippen LogP contribution in [0.3, 0.4) is 0 Å². The third kappa shape index (κ3) is 7.23. The molecule has 2 aliphatic carbocycles. The van der Waals surface area contributed by atoms with E-state index >= 15 is 0 Å². The summed E-state index contributed by atoms with van der Waals surface area (Å²) in [7, 11) is 0. The first-order chi connectivity index (χ1) is 13.8. The van der Waals surface area contributed by atoms with Crippen molar-refractivity contribution in [2.75, 3.05) is 0 Å². The fourth-order valence-corrected chi connectivity index (χ4v) is 5.15. The molecule has 0 saturated heterocycles. The van der Waals surface area contributed by atoms with Gasteiger partial charge in [0.25, 0.3) is 0 Å². The van der Waals surface area contributed by atoms with Gasteiger partial charge in [0, 0.05) is 0 Å². The largest absolute Gasteiger partial charge is 0.460 e. The molecule has 0 aromatic heterocycles. The Labute approximate surface area is 182 Å². The van der Waals surface area contributed by atoms with E-state index in [0.717, 1.165) is 25.7 Å². The van der Waals surface area contributed by atoms with Gasteiger partial charge in [0.2, 0.25) is 5.91 Å². The van der Waals surface area contributed by atoms with Crippen LogP contribution in [0.2, 0.25) is 0 Å². The maximum atomic E-state index is 11.4. The van der Waals surface area contributed by atoms with Gasteiger partial charge in [0.05, 0.1) is 0 Å². The Morgan fingerprint density at radius 1 is 0.967 bits per heavy atom. The van der Waals surface area contributed by atoms with E-state index in [1.165, 1.54) is 13.3 Å². The summed E-state index contributed by atoms with van der Waals surface area (Å²) in [5.74, 6) is 1.27. The Kier molecular flexibility index (Phi) is 10.3. The predicted octanol–water partition coefficient (Wildman–Crippen LogP) is 3.67. The molecule has 7 unspecified atom stereocenters. The lowest BCUT2D eigenvalue weighted by molar-refractivity contribution is -0.164. The fraction of sp³-hybridized carbons (Fsp3) is 0.917. The molecule has 0 bridgehead atoms. The minimum Gasteiger partial charge on any atom is -0.460 e. The lowest BCUT2D eigenvalue weighted by atomic mass is 9.67. The molecule has 2 rings (SSSR count). The van der Waals surface area contributed by atoms with Crippen molar-refractivity contribution >= 4 is 11.9 Å². The van der Waals surface area contributed by atoms with Gasteiger partial charge in [-0.15, -0.1) is 0 Å². The maximum absolute atomic E-state index is 11.4. The van der Waals surface area contributed by atoms with E-state index in [4.69, 9.17) is 15.6 Å². The van der Waals surface area contributed by atoms with Crippen molar-refractivity contribution in [3.8, 4) is 0 Å². The van der Waals surface area contributed by atoms with E-state index < -0.39 is 23.6 Å². The van der Waals surface area contributed by atoms with Crippen LogP contribution in [0, 0.1) is 35.5 Å². The number of carbonyl (C=O) groups excluding carboxylic acids is 2. The zero-order valence-electron chi connectivity index (χ0n) is 20.1. The van der Waals surface area contributed by atoms with Gasteiger partial charge in [0.15, 0.2) is 0 Å². The molecule has 6 heteroatoms. The predicted molar refractivity (Wildman–Crippen MR) is 118 cm³/mol. The first-order valence-electron chi connectivity index (χ1n) is 11.7. The Morgan fingerprint density at radius 3 is 2.00 bits per heavy atom. The van der Waals surface area contributed by atoms with Crippen LogP contribution in [0.25, 0.3) is 0 Å².